The summed E-state index contributed by atoms with van der Waals surface area (Å²) in [5, 5.41) is 14.3. The Kier molecular flexibility index (Phi) is 7.97. The molecule has 2 N–H and O–H groups in total. The Morgan fingerprint density at radius 2 is 1.71 bits per heavy atom. The molecule has 0 saturated carbocycles. The van der Waals surface area contributed by atoms with Gasteiger partial charge in [0.15, 0.2) is 0 Å². The van der Waals surface area contributed by atoms with Gasteiger partial charge in [0.1, 0.15) is 5.75 Å². The van der Waals surface area contributed by atoms with Crippen LogP contribution < -0.4 is 10.1 Å². The molecule has 2 aromatic carbocycles. The molecule has 0 atom stereocenters. The third-order valence-corrected chi connectivity index (χ3v) is 3.57. The Morgan fingerprint density at radius 3 is 2.26 bits per heavy atom. The number of carbonyl (C=O) groups excluding carboxylic acids is 1. The first-order chi connectivity index (χ1) is 14.5. The van der Waals surface area contributed by atoms with E-state index in [4.69, 9.17) is 26.0 Å². The second-order valence-electron chi connectivity index (χ2n) is 5.79. The van der Waals surface area contributed by atoms with Crippen molar-refractivity contribution in [2.75, 3.05) is 0 Å². The maximum absolute atomic E-state index is 12.2. The van der Waals surface area contributed by atoms with Crippen molar-refractivity contribution in [2.45, 2.75) is 19.8 Å². The van der Waals surface area contributed by atoms with Gasteiger partial charge in [-0.05, 0) is 48.5 Å². The first kappa shape index (κ1) is 23.7. The number of benzene rings is 2. The molecule has 1 aromatic heterocycles. The topological polar surface area (TPSA) is 115 Å². The predicted octanol–water partition coefficient (Wildman–Crippen LogP) is 4.31. The average Bonchev–Trinajstić information content (AvgIpc) is 3.14. The van der Waals surface area contributed by atoms with Crippen LogP contribution in [0, 0.1) is 0 Å². The average molecular weight is 458 g/mol. The van der Waals surface area contributed by atoms with E-state index in [1.54, 1.807) is 24.3 Å². The third kappa shape index (κ3) is 8.34. The van der Waals surface area contributed by atoms with Crippen LogP contribution in [0.15, 0.2) is 53.1 Å². The van der Waals surface area contributed by atoms with Crippen LogP contribution >= 0.6 is 11.6 Å². The second kappa shape index (κ2) is 10.4. The van der Waals surface area contributed by atoms with Crippen LogP contribution in [0.4, 0.5) is 13.2 Å². The molecule has 0 saturated heterocycles. The summed E-state index contributed by atoms with van der Waals surface area (Å²) in [7, 11) is 0. The molecule has 12 heteroatoms. The Labute approximate surface area is 178 Å². The van der Waals surface area contributed by atoms with Crippen LogP contribution in [-0.4, -0.2) is 33.5 Å². The number of carboxylic acids is 1. The zero-order chi connectivity index (χ0) is 23.0. The monoisotopic (exact) mass is 457 g/mol. The molecule has 164 valence electrons. The number of nitrogens with one attached hydrogen (secondary N) is 1. The standard InChI is InChI=1S/C17H11ClF3N3O3.C2H4O2/c18-12-5-1-11(2-6-12)16(25)22-9-14-23-15(24-27-14)10-3-7-13(8-4-10)26-17(19,20)21;1-2(3)4/h1-8H,9H2,(H,22,25);1H3,(H,3,4). The van der Waals surface area contributed by atoms with E-state index < -0.39 is 12.3 Å². The lowest BCUT2D eigenvalue weighted by molar-refractivity contribution is -0.274. The van der Waals surface area contributed by atoms with Gasteiger partial charge in [-0.25, -0.2) is 0 Å². The van der Waals surface area contributed by atoms with Crippen LogP contribution in [0.5, 0.6) is 5.75 Å². The number of carbonyl (C=O) groups is 2. The predicted molar refractivity (Wildman–Crippen MR) is 102 cm³/mol. The highest BCUT2D eigenvalue weighted by atomic mass is 35.5. The lowest BCUT2D eigenvalue weighted by Crippen LogP contribution is -2.22. The van der Waals surface area contributed by atoms with E-state index in [0.717, 1.165) is 19.1 Å². The maximum Gasteiger partial charge on any atom is 0.573 e. The number of hydrogen-bond donors (Lipinski definition) is 2. The van der Waals surface area contributed by atoms with E-state index >= 15 is 0 Å². The highest BCUT2D eigenvalue weighted by Gasteiger charge is 2.31. The number of rotatable bonds is 5. The van der Waals surface area contributed by atoms with Crippen molar-refractivity contribution in [3.8, 4) is 17.1 Å². The van der Waals surface area contributed by atoms with E-state index in [1.165, 1.54) is 12.1 Å². The number of amides is 1. The van der Waals surface area contributed by atoms with Crippen molar-refractivity contribution < 1.29 is 37.1 Å². The van der Waals surface area contributed by atoms with Gasteiger partial charge in [0, 0.05) is 23.1 Å². The van der Waals surface area contributed by atoms with Gasteiger partial charge in [-0.1, -0.05) is 16.8 Å². The van der Waals surface area contributed by atoms with Crippen molar-refractivity contribution >= 4 is 23.5 Å². The molecular weight excluding hydrogens is 443 g/mol. The number of hydrogen-bond acceptors (Lipinski definition) is 6. The SMILES string of the molecule is CC(=O)O.O=C(NCc1nc(-c2ccc(OC(F)(F)F)cc2)no1)c1ccc(Cl)cc1. The summed E-state index contributed by atoms with van der Waals surface area (Å²) in [6.07, 6.45) is -4.76. The largest absolute Gasteiger partial charge is 0.573 e. The van der Waals surface area contributed by atoms with Crippen molar-refractivity contribution in [1.82, 2.24) is 15.5 Å². The molecule has 31 heavy (non-hydrogen) atoms. The zero-order valence-electron chi connectivity index (χ0n) is 15.8. The Hall–Kier alpha value is -3.60. The first-order valence-corrected chi connectivity index (χ1v) is 8.83. The van der Waals surface area contributed by atoms with Crippen molar-refractivity contribution in [3.05, 3.63) is 65.0 Å². The molecule has 0 aliphatic heterocycles. The highest BCUT2D eigenvalue weighted by molar-refractivity contribution is 6.30. The van der Waals surface area contributed by atoms with Crippen molar-refractivity contribution in [2.24, 2.45) is 0 Å². The van der Waals surface area contributed by atoms with Gasteiger partial charge in [-0.15, -0.1) is 13.2 Å². The van der Waals surface area contributed by atoms with E-state index in [-0.39, 0.29) is 29.9 Å². The Morgan fingerprint density at radius 1 is 1.13 bits per heavy atom. The maximum atomic E-state index is 12.2. The van der Waals surface area contributed by atoms with Gasteiger partial charge in [-0.2, -0.15) is 4.98 Å². The van der Waals surface area contributed by atoms with Crippen LogP contribution in [0.2, 0.25) is 5.02 Å². The number of ether oxygens (including phenoxy) is 1. The zero-order valence-corrected chi connectivity index (χ0v) is 16.6. The summed E-state index contributed by atoms with van der Waals surface area (Å²) < 4.78 is 45.3. The van der Waals surface area contributed by atoms with Crippen LogP contribution in [0.1, 0.15) is 23.2 Å². The quantitative estimate of drug-likeness (QED) is 0.586. The number of alkyl halides is 3. The van der Waals surface area contributed by atoms with Crippen molar-refractivity contribution in [1.29, 1.82) is 0 Å². The molecule has 1 heterocycles. The van der Waals surface area contributed by atoms with Gasteiger partial charge in [0.25, 0.3) is 11.9 Å². The normalized spacial score (nSPS) is 10.6. The summed E-state index contributed by atoms with van der Waals surface area (Å²) in [4.78, 5) is 25.1. The van der Waals surface area contributed by atoms with Gasteiger partial charge in [0.2, 0.25) is 11.7 Å². The number of aromatic nitrogens is 2. The molecule has 0 aliphatic carbocycles. The summed E-state index contributed by atoms with van der Waals surface area (Å²) in [5.74, 6) is -1.22. The van der Waals surface area contributed by atoms with Gasteiger partial charge in [-0.3, -0.25) is 9.59 Å². The molecule has 3 rings (SSSR count). The fourth-order valence-corrected chi connectivity index (χ4v) is 2.23. The second-order valence-corrected chi connectivity index (χ2v) is 6.23. The van der Waals surface area contributed by atoms with E-state index in [1.807, 2.05) is 0 Å². The molecule has 0 bridgehead atoms. The van der Waals surface area contributed by atoms with Crippen LogP contribution in [0.3, 0.4) is 0 Å². The molecule has 0 spiro atoms. The van der Waals surface area contributed by atoms with E-state index in [0.29, 0.717) is 16.1 Å². The molecule has 0 aliphatic rings. The minimum absolute atomic E-state index is 0.0102. The fraction of sp³-hybridized carbons (Fsp3) is 0.158. The Bertz CT molecular complexity index is 1020. The van der Waals surface area contributed by atoms with Crippen molar-refractivity contribution in [3.63, 3.8) is 0 Å². The number of halogens is 4. The highest BCUT2D eigenvalue weighted by Crippen LogP contribution is 2.25. The van der Waals surface area contributed by atoms with Crippen LogP contribution in [-0.2, 0) is 11.3 Å². The molecular formula is C19H15ClF3N3O5. The molecule has 0 unspecified atom stereocenters. The summed E-state index contributed by atoms with van der Waals surface area (Å²) >= 11 is 5.76. The fourth-order valence-electron chi connectivity index (χ4n) is 2.11. The summed E-state index contributed by atoms with van der Waals surface area (Å²) in [5.41, 5.74) is 0.850. The van der Waals surface area contributed by atoms with E-state index in [9.17, 15) is 18.0 Å². The Balaban J connectivity index is 0.000000785. The van der Waals surface area contributed by atoms with Gasteiger partial charge in [0.05, 0.1) is 6.54 Å². The molecule has 0 fully saturated rings. The molecule has 3 aromatic rings. The van der Waals surface area contributed by atoms with Gasteiger partial charge < -0.3 is 19.7 Å². The molecule has 8 nitrogen and oxygen atoms in total. The summed E-state index contributed by atoms with van der Waals surface area (Å²) in [6, 6.07) is 11.3. The number of carboxylic acid groups (broad SMARTS) is 1. The number of aliphatic carboxylic acids is 1. The summed E-state index contributed by atoms with van der Waals surface area (Å²) in [6.45, 7) is 1.07. The third-order valence-electron chi connectivity index (χ3n) is 3.32. The van der Waals surface area contributed by atoms with Gasteiger partial charge >= 0.3 is 6.36 Å². The minimum Gasteiger partial charge on any atom is -0.481 e. The minimum atomic E-state index is -4.76. The molecule has 0 radical (unpaired) electrons. The van der Waals surface area contributed by atoms with Crippen LogP contribution in [0.25, 0.3) is 11.4 Å². The molecule has 1 amide bonds. The smallest absolute Gasteiger partial charge is 0.481 e. The first-order valence-electron chi connectivity index (χ1n) is 8.45. The lowest BCUT2D eigenvalue weighted by atomic mass is 10.2. The van der Waals surface area contributed by atoms with E-state index in [2.05, 4.69) is 20.2 Å². The number of nitrogens with zero attached hydrogens (tertiary/aromatic N) is 2. The lowest BCUT2D eigenvalue weighted by Gasteiger charge is -2.08.